The summed E-state index contributed by atoms with van der Waals surface area (Å²) in [5.41, 5.74) is 6.73. The number of amides is 1. The van der Waals surface area contributed by atoms with E-state index < -0.39 is 23.8 Å². The van der Waals surface area contributed by atoms with Crippen molar-refractivity contribution in [2.24, 2.45) is 5.92 Å². The first-order valence-corrected chi connectivity index (χ1v) is 3.34. The summed E-state index contributed by atoms with van der Waals surface area (Å²) in [6, 6.07) is -0.799. The van der Waals surface area contributed by atoms with Gasteiger partial charge in [0.15, 0.2) is 0 Å². The van der Waals surface area contributed by atoms with E-state index in [1.807, 2.05) is 0 Å². The van der Waals surface area contributed by atoms with Gasteiger partial charge in [-0.2, -0.15) is 0 Å². The van der Waals surface area contributed by atoms with Crippen LogP contribution in [0.3, 0.4) is 0 Å². The summed E-state index contributed by atoms with van der Waals surface area (Å²) in [5, 5.41) is 11.2. The Morgan fingerprint density at radius 2 is 2.18 bits per heavy atom. The summed E-state index contributed by atoms with van der Waals surface area (Å²) in [6.07, 6.45) is 0.435. The minimum Gasteiger partial charge on any atom is -0.481 e. The van der Waals surface area contributed by atoms with Crippen LogP contribution in [0.4, 0.5) is 0 Å². The fraction of sp³-hybridized carbons (Fsp3) is 0.667. The highest BCUT2D eigenvalue weighted by Gasteiger charge is 2.36. The number of carboxylic acids is 1. The van der Waals surface area contributed by atoms with Gasteiger partial charge in [0.05, 0.1) is 5.92 Å². The third-order valence-electron chi connectivity index (χ3n) is 1.82. The van der Waals surface area contributed by atoms with Crippen LogP contribution in [-0.2, 0) is 9.59 Å². The molecule has 3 N–H and O–H groups in total. The first kappa shape index (κ1) is 8.00. The SMILES string of the molecule is [NH]C(=O)C1NCCC1C(=O)O. The topological polar surface area (TPSA) is 90.2 Å². The molecule has 0 aromatic rings. The Bertz CT molecular complexity index is 172. The van der Waals surface area contributed by atoms with Crippen molar-refractivity contribution >= 4 is 11.9 Å². The van der Waals surface area contributed by atoms with Crippen molar-refractivity contribution in [3.8, 4) is 0 Å². The van der Waals surface area contributed by atoms with Crippen LogP contribution >= 0.6 is 0 Å². The number of nitrogens with one attached hydrogen (secondary N) is 2. The number of hydrogen-bond donors (Lipinski definition) is 2. The highest BCUT2D eigenvalue weighted by atomic mass is 16.4. The summed E-state index contributed by atoms with van der Waals surface area (Å²) in [4.78, 5) is 20.9. The standard InChI is InChI=1S/C6H9N2O3/c7-5(9)4-3(6(10)11)1-2-8-4/h3-4,7-8H,1-2H2,(H,10,11). The molecule has 1 rings (SSSR count). The van der Waals surface area contributed by atoms with Gasteiger partial charge in [-0.1, -0.05) is 0 Å². The average molecular weight is 157 g/mol. The third-order valence-corrected chi connectivity index (χ3v) is 1.82. The molecule has 0 aliphatic carbocycles. The van der Waals surface area contributed by atoms with Gasteiger partial charge in [-0.15, -0.1) is 0 Å². The lowest BCUT2D eigenvalue weighted by molar-refractivity contribution is -0.144. The molecule has 0 aromatic carbocycles. The normalized spacial score (nSPS) is 30.2. The Balaban J connectivity index is 2.65. The second-order valence-corrected chi connectivity index (χ2v) is 2.53. The van der Waals surface area contributed by atoms with Gasteiger partial charge in [0, 0.05) is 0 Å². The summed E-state index contributed by atoms with van der Waals surface area (Å²) in [5.74, 6) is -2.55. The molecule has 1 heterocycles. The highest BCUT2D eigenvalue weighted by molar-refractivity contribution is 5.86. The first-order chi connectivity index (χ1) is 5.13. The lowest BCUT2D eigenvalue weighted by Gasteiger charge is -2.09. The molecule has 0 aromatic heterocycles. The zero-order chi connectivity index (χ0) is 8.43. The summed E-state index contributed by atoms with van der Waals surface area (Å²) in [6.45, 7) is 0.506. The van der Waals surface area contributed by atoms with Crippen molar-refractivity contribution in [3.63, 3.8) is 0 Å². The Hall–Kier alpha value is -1.10. The molecule has 1 aliphatic rings. The fourth-order valence-electron chi connectivity index (χ4n) is 1.24. The van der Waals surface area contributed by atoms with Crippen molar-refractivity contribution in [1.29, 1.82) is 0 Å². The van der Waals surface area contributed by atoms with Crippen LogP contribution < -0.4 is 11.1 Å². The molecule has 1 aliphatic heterocycles. The van der Waals surface area contributed by atoms with E-state index in [1.165, 1.54) is 0 Å². The quantitative estimate of drug-likeness (QED) is 0.530. The monoisotopic (exact) mass is 157 g/mol. The number of hydrogen-bond acceptors (Lipinski definition) is 3. The molecule has 1 saturated heterocycles. The molecular formula is C6H9N2O3. The van der Waals surface area contributed by atoms with Gasteiger partial charge in [0.2, 0.25) is 0 Å². The number of carbonyl (C=O) groups is 2. The highest BCUT2D eigenvalue weighted by Crippen LogP contribution is 2.15. The average Bonchev–Trinajstić information content (AvgIpc) is 2.32. The molecular weight excluding hydrogens is 148 g/mol. The number of aliphatic carboxylic acids is 1. The number of carbonyl (C=O) groups excluding carboxylic acids is 1. The Kier molecular flexibility index (Phi) is 2.09. The molecule has 0 spiro atoms. The summed E-state index contributed by atoms with van der Waals surface area (Å²) >= 11 is 0. The molecule has 61 valence electrons. The second-order valence-electron chi connectivity index (χ2n) is 2.53. The van der Waals surface area contributed by atoms with Gasteiger partial charge in [-0.25, -0.2) is 0 Å². The second kappa shape index (κ2) is 2.87. The van der Waals surface area contributed by atoms with Gasteiger partial charge in [-0.3, -0.25) is 15.3 Å². The minimum atomic E-state index is -0.999. The molecule has 2 unspecified atom stereocenters. The van der Waals surface area contributed by atoms with E-state index in [0.717, 1.165) is 0 Å². The van der Waals surface area contributed by atoms with Crippen molar-refractivity contribution in [3.05, 3.63) is 0 Å². The lowest BCUT2D eigenvalue weighted by atomic mass is 10.0. The van der Waals surface area contributed by atoms with Crippen LogP contribution in [0.2, 0.25) is 0 Å². The van der Waals surface area contributed by atoms with Gasteiger partial charge in [0.1, 0.15) is 6.04 Å². The predicted molar refractivity (Wildman–Crippen MR) is 35.6 cm³/mol. The maximum absolute atomic E-state index is 10.5. The zero-order valence-electron chi connectivity index (χ0n) is 5.83. The molecule has 5 heteroatoms. The van der Waals surface area contributed by atoms with Crippen LogP contribution in [0.5, 0.6) is 0 Å². The smallest absolute Gasteiger partial charge is 0.308 e. The first-order valence-electron chi connectivity index (χ1n) is 3.34. The van der Waals surface area contributed by atoms with Crippen molar-refractivity contribution in [2.45, 2.75) is 12.5 Å². The Morgan fingerprint density at radius 3 is 2.55 bits per heavy atom. The number of carboxylic acid groups (broad SMARTS) is 1. The molecule has 1 fully saturated rings. The largest absolute Gasteiger partial charge is 0.481 e. The summed E-state index contributed by atoms with van der Waals surface area (Å²) < 4.78 is 0. The van der Waals surface area contributed by atoms with E-state index in [1.54, 1.807) is 0 Å². The Morgan fingerprint density at radius 1 is 1.55 bits per heavy atom. The molecule has 11 heavy (non-hydrogen) atoms. The number of rotatable bonds is 2. The molecule has 2 atom stereocenters. The maximum Gasteiger partial charge on any atom is 0.308 e. The van der Waals surface area contributed by atoms with Gasteiger partial charge in [-0.05, 0) is 13.0 Å². The molecule has 0 bridgehead atoms. The van der Waals surface area contributed by atoms with Crippen molar-refractivity contribution in [1.82, 2.24) is 11.1 Å². The summed E-state index contributed by atoms with van der Waals surface area (Å²) in [7, 11) is 0. The molecule has 0 saturated carbocycles. The Labute approximate surface area is 63.6 Å². The van der Waals surface area contributed by atoms with Gasteiger partial charge in [0.25, 0.3) is 5.91 Å². The zero-order valence-corrected chi connectivity index (χ0v) is 5.83. The van der Waals surface area contributed by atoms with E-state index in [2.05, 4.69) is 5.32 Å². The van der Waals surface area contributed by atoms with Crippen molar-refractivity contribution < 1.29 is 14.7 Å². The lowest BCUT2D eigenvalue weighted by Crippen LogP contribution is -2.39. The molecule has 1 amide bonds. The van der Waals surface area contributed by atoms with Crippen molar-refractivity contribution in [2.75, 3.05) is 6.54 Å². The van der Waals surface area contributed by atoms with Crippen LogP contribution in [0.15, 0.2) is 0 Å². The van der Waals surface area contributed by atoms with Gasteiger partial charge >= 0.3 is 5.97 Å². The maximum atomic E-state index is 10.5. The third kappa shape index (κ3) is 1.48. The molecule has 5 nitrogen and oxygen atoms in total. The van der Waals surface area contributed by atoms with Gasteiger partial charge < -0.3 is 10.4 Å². The van der Waals surface area contributed by atoms with Crippen LogP contribution in [-0.4, -0.2) is 29.6 Å². The fourth-order valence-corrected chi connectivity index (χ4v) is 1.24. The van der Waals surface area contributed by atoms with E-state index in [-0.39, 0.29) is 0 Å². The van der Waals surface area contributed by atoms with E-state index >= 15 is 0 Å². The minimum absolute atomic E-state index is 0.435. The van der Waals surface area contributed by atoms with Crippen LogP contribution in [0.1, 0.15) is 6.42 Å². The van der Waals surface area contributed by atoms with E-state index in [9.17, 15) is 9.59 Å². The van der Waals surface area contributed by atoms with E-state index in [0.29, 0.717) is 13.0 Å². The van der Waals surface area contributed by atoms with Crippen LogP contribution in [0, 0.1) is 5.92 Å². The van der Waals surface area contributed by atoms with E-state index in [4.69, 9.17) is 10.8 Å². The predicted octanol–water partition coefficient (Wildman–Crippen LogP) is -1.14. The molecule has 1 radical (unpaired) electrons. The van der Waals surface area contributed by atoms with Crippen LogP contribution in [0.25, 0.3) is 0 Å².